The summed E-state index contributed by atoms with van der Waals surface area (Å²) in [5, 5.41) is 4.30. The van der Waals surface area contributed by atoms with Crippen molar-refractivity contribution in [3.8, 4) is 0 Å². The van der Waals surface area contributed by atoms with Crippen LogP contribution in [-0.2, 0) is 0 Å². The highest BCUT2D eigenvalue weighted by Crippen LogP contribution is 1.86. The van der Waals surface area contributed by atoms with Gasteiger partial charge in [-0.15, -0.1) is 0 Å². The van der Waals surface area contributed by atoms with E-state index in [1.165, 1.54) is 0 Å². The molecule has 3 nitrogen and oxygen atoms in total. The Morgan fingerprint density at radius 3 is 2.50 bits per heavy atom. The summed E-state index contributed by atoms with van der Waals surface area (Å²) in [6.07, 6.45) is -2.48. The third kappa shape index (κ3) is 5.27. The largest absolute Gasteiger partial charge is 0.338 e. The van der Waals surface area contributed by atoms with Crippen LogP contribution in [0.15, 0.2) is 0 Å². The Labute approximate surface area is 57.8 Å². The maximum absolute atomic E-state index is 11.4. The van der Waals surface area contributed by atoms with Crippen molar-refractivity contribution in [2.24, 2.45) is 0 Å². The summed E-state index contributed by atoms with van der Waals surface area (Å²) in [5.74, 6) is 0. The van der Waals surface area contributed by atoms with Crippen LogP contribution in [0.2, 0.25) is 0 Å². The van der Waals surface area contributed by atoms with Crippen LogP contribution in [0.25, 0.3) is 0 Å². The molecule has 2 amide bonds. The Balaban J connectivity index is 3.22. The van der Waals surface area contributed by atoms with E-state index in [1.54, 1.807) is 6.92 Å². The molecular formula is C5H10F2N2O. The molecule has 2 N–H and O–H groups in total. The number of urea groups is 1. The van der Waals surface area contributed by atoms with Crippen LogP contribution in [0.3, 0.4) is 0 Å². The minimum atomic E-state index is -2.48. The quantitative estimate of drug-likeness (QED) is 0.610. The van der Waals surface area contributed by atoms with Gasteiger partial charge in [0.25, 0.3) is 6.43 Å². The Kier molecular flexibility index (Phi) is 4.53. The SMILES string of the molecule is CCNC(=O)NCC(F)F. The van der Waals surface area contributed by atoms with E-state index in [2.05, 4.69) is 5.32 Å². The summed E-state index contributed by atoms with van der Waals surface area (Å²) in [7, 11) is 0. The van der Waals surface area contributed by atoms with Crippen LogP contribution in [0, 0.1) is 0 Å². The second kappa shape index (κ2) is 4.96. The Bertz CT molecular complexity index is 108. The van der Waals surface area contributed by atoms with Crippen molar-refractivity contribution in [3.05, 3.63) is 0 Å². The van der Waals surface area contributed by atoms with Crippen molar-refractivity contribution in [1.29, 1.82) is 0 Å². The van der Waals surface area contributed by atoms with Crippen LogP contribution in [0.1, 0.15) is 6.92 Å². The van der Waals surface area contributed by atoms with Gasteiger partial charge in [-0.3, -0.25) is 0 Å². The van der Waals surface area contributed by atoms with Gasteiger partial charge in [-0.05, 0) is 6.92 Å². The summed E-state index contributed by atoms with van der Waals surface area (Å²) >= 11 is 0. The number of hydrogen-bond acceptors (Lipinski definition) is 1. The molecule has 0 radical (unpaired) electrons. The fraction of sp³-hybridized carbons (Fsp3) is 0.800. The third-order valence-corrected chi connectivity index (χ3v) is 0.754. The number of hydrogen-bond donors (Lipinski definition) is 2. The van der Waals surface area contributed by atoms with Gasteiger partial charge in [-0.1, -0.05) is 0 Å². The standard InChI is InChI=1S/C5H10F2N2O/c1-2-8-5(10)9-3-4(6)7/h4H,2-3H2,1H3,(H2,8,9,10). The van der Waals surface area contributed by atoms with E-state index in [4.69, 9.17) is 0 Å². The van der Waals surface area contributed by atoms with Crippen molar-refractivity contribution >= 4 is 6.03 Å². The van der Waals surface area contributed by atoms with Crippen LogP contribution >= 0.6 is 0 Å². The zero-order chi connectivity index (χ0) is 7.98. The van der Waals surface area contributed by atoms with E-state index in [0.29, 0.717) is 6.54 Å². The zero-order valence-corrected chi connectivity index (χ0v) is 5.66. The van der Waals surface area contributed by atoms with Crippen molar-refractivity contribution in [2.75, 3.05) is 13.1 Å². The lowest BCUT2D eigenvalue weighted by Crippen LogP contribution is -2.37. The van der Waals surface area contributed by atoms with Gasteiger partial charge in [0.15, 0.2) is 0 Å². The average molecular weight is 152 g/mol. The highest BCUT2D eigenvalue weighted by atomic mass is 19.3. The fourth-order valence-corrected chi connectivity index (χ4v) is 0.393. The summed E-state index contributed by atoms with van der Waals surface area (Å²) < 4.78 is 22.8. The van der Waals surface area contributed by atoms with Crippen LogP contribution < -0.4 is 10.6 Å². The minimum Gasteiger partial charge on any atom is -0.338 e. The number of nitrogens with one attached hydrogen (secondary N) is 2. The van der Waals surface area contributed by atoms with Crippen molar-refractivity contribution in [2.45, 2.75) is 13.3 Å². The Morgan fingerprint density at radius 2 is 2.10 bits per heavy atom. The van der Waals surface area contributed by atoms with Crippen LogP contribution in [-0.4, -0.2) is 25.5 Å². The Morgan fingerprint density at radius 1 is 1.50 bits per heavy atom. The number of halogens is 2. The Hall–Kier alpha value is -0.870. The second-order valence-corrected chi connectivity index (χ2v) is 1.63. The normalized spacial score (nSPS) is 9.60. The van der Waals surface area contributed by atoms with Gasteiger partial charge in [0.2, 0.25) is 0 Å². The molecule has 60 valence electrons. The fourth-order valence-electron chi connectivity index (χ4n) is 0.393. The van der Waals surface area contributed by atoms with Crippen molar-refractivity contribution < 1.29 is 13.6 Å². The molecule has 0 saturated carbocycles. The number of amides is 2. The van der Waals surface area contributed by atoms with E-state index < -0.39 is 19.0 Å². The van der Waals surface area contributed by atoms with Gasteiger partial charge in [0, 0.05) is 6.54 Å². The molecule has 0 aliphatic heterocycles. The van der Waals surface area contributed by atoms with E-state index in [0.717, 1.165) is 0 Å². The molecule has 5 heteroatoms. The van der Waals surface area contributed by atoms with Gasteiger partial charge in [0.1, 0.15) is 0 Å². The van der Waals surface area contributed by atoms with Gasteiger partial charge in [-0.2, -0.15) is 0 Å². The first-order valence-electron chi connectivity index (χ1n) is 2.96. The van der Waals surface area contributed by atoms with Crippen molar-refractivity contribution in [1.82, 2.24) is 10.6 Å². The molecule has 0 aliphatic carbocycles. The topological polar surface area (TPSA) is 41.1 Å². The number of alkyl halides is 2. The molecule has 10 heavy (non-hydrogen) atoms. The molecule has 0 saturated heterocycles. The lowest BCUT2D eigenvalue weighted by Gasteiger charge is -2.03. The molecule has 0 spiro atoms. The molecule has 0 aromatic rings. The van der Waals surface area contributed by atoms with E-state index in [-0.39, 0.29) is 0 Å². The highest BCUT2D eigenvalue weighted by Gasteiger charge is 2.03. The monoisotopic (exact) mass is 152 g/mol. The number of rotatable bonds is 3. The second-order valence-electron chi connectivity index (χ2n) is 1.63. The van der Waals surface area contributed by atoms with Gasteiger partial charge >= 0.3 is 6.03 Å². The van der Waals surface area contributed by atoms with Gasteiger partial charge < -0.3 is 10.6 Å². The lowest BCUT2D eigenvalue weighted by atomic mass is 10.6. The molecule has 0 heterocycles. The van der Waals surface area contributed by atoms with Crippen molar-refractivity contribution in [3.63, 3.8) is 0 Å². The lowest BCUT2D eigenvalue weighted by molar-refractivity contribution is 0.146. The summed E-state index contributed by atoms with van der Waals surface area (Å²) in [6, 6.07) is -0.553. The molecule has 0 rings (SSSR count). The van der Waals surface area contributed by atoms with Gasteiger partial charge in [-0.25, -0.2) is 13.6 Å². The molecule has 0 aromatic heterocycles. The predicted molar refractivity (Wildman–Crippen MR) is 33.1 cm³/mol. The molecule has 0 atom stereocenters. The first-order valence-corrected chi connectivity index (χ1v) is 2.96. The van der Waals surface area contributed by atoms with E-state index >= 15 is 0 Å². The minimum absolute atomic E-state index is 0.440. The van der Waals surface area contributed by atoms with E-state index in [1.807, 2.05) is 5.32 Å². The molecule has 0 aromatic carbocycles. The molecular weight excluding hydrogens is 142 g/mol. The van der Waals surface area contributed by atoms with Crippen LogP contribution in [0.5, 0.6) is 0 Å². The zero-order valence-electron chi connectivity index (χ0n) is 5.66. The maximum atomic E-state index is 11.4. The summed E-state index contributed by atoms with van der Waals surface area (Å²) in [6.45, 7) is 1.56. The summed E-state index contributed by atoms with van der Waals surface area (Å²) in [4.78, 5) is 10.4. The predicted octanol–water partition coefficient (Wildman–Crippen LogP) is 0.571. The first-order chi connectivity index (χ1) is 4.66. The third-order valence-electron chi connectivity index (χ3n) is 0.754. The van der Waals surface area contributed by atoms with E-state index in [9.17, 15) is 13.6 Å². The molecule has 0 aliphatic rings. The smallest absolute Gasteiger partial charge is 0.314 e. The number of carbonyl (C=O) groups is 1. The number of carbonyl (C=O) groups excluding carboxylic acids is 1. The van der Waals surface area contributed by atoms with Gasteiger partial charge in [0.05, 0.1) is 6.54 Å². The maximum Gasteiger partial charge on any atom is 0.314 e. The summed E-state index contributed by atoms with van der Waals surface area (Å²) in [5.41, 5.74) is 0. The molecule has 0 fully saturated rings. The average Bonchev–Trinajstić information content (AvgIpc) is 1.85. The molecule has 0 unspecified atom stereocenters. The van der Waals surface area contributed by atoms with Crippen LogP contribution in [0.4, 0.5) is 13.6 Å². The first kappa shape index (κ1) is 9.13. The molecule has 0 bridgehead atoms. The highest BCUT2D eigenvalue weighted by molar-refractivity contribution is 5.73.